The Labute approximate surface area is 104 Å². The lowest BCUT2D eigenvalue weighted by molar-refractivity contribution is -0.0672. The van der Waals surface area contributed by atoms with Gasteiger partial charge in [0.15, 0.2) is 0 Å². The van der Waals surface area contributed by atoms with Gasteiger partial charge in [-0.25, -0.2) is 0 Å². The fraction of sp³-hybridized carbons (Fsp3) is 0.600. The third-order valence-electron chi connectivity index (χ3n) is 3.72. The molecule has 0 aromatic heterocycles. The maximum atomic E-state index is 6.10. The highest BCUT2D eigenvalue weighted by Crippen LogP contribution is 2.39. The van der Waals surface area contributed by atoms with Gasteiger partial charge in [0, 0.05) is 11.0 Å². The number of ether oxygens (including phenoxy) is 1. The summed E-state index contributed by atoms with van der Waals surface area (Å²) < 4.78 is 5.47. The van der Waals surface area contributed by atoms with Gasteiger partial charge < -0.3 is 10.5 Å². The largest absolute Gasteiger partial charge is 0.379 e. The van der Waals surface area contributed by atoms with E-state index in [2.05, 4.69) is 45.0 Å². The normalized spacial score (nSPS) is 18.8. The van der Waals surface area contributed by atoms with E-state index in [9.17, 15) is 0 Å². The predicted octanol–water partition coefficient (Wildman–Crippen LogP) is 2.78. The molecule has 1 heterocycles. The average molecular weight is 233 g/mol. The van der Waals surface area contributed by atoms with Crippen LogP contribution in [0.4, 0.5) is 0 Å². The quantitative estimate of drug-likeness (QED) is 0.868. The van der Waals surface area contributed by atoms with Crippen molar-refractivity contribution in [3.8, 4) is 0 Å². The van der Waals surface area contributed by atoms with E-state index in [1.165, 1.54) is 11.1 Å². The molecule has 2 heteroatoms. The Bertz CT molecular complexity index is 388. The number of rotatable bonds is 4. The van der Waals surface area contributed by atoms with E-state index in [-0.39, 0.29) is 11.0 Å². The lowest BCUT2D eigenvalue weighted by Gasteiger charge is -2.44. The van der Waals surface area contributed by atoms with Crippen molar-refractivity contribution in [3.05, 3.63) is 35.4 Å². The first kappa shape index (κ1) is 12.6. The molecule has 0 radical (unpaired) electrons. The molecule has 0 atom stereocenters. The van der Waals surface area contributed by atoms with Crippen molar-refractivity contribution < 1.29 is 4.74 Å². The highest BCUT2D eigenvalue weighted by molar-refractivity contribution is 5.35. The van der Waals surface area contributed by atoms with Crippen LogP contribution in [0, 0.1) is 6.92 Å². The smallest absolute Gasteiger partial charge is 0.0585 e. The van der Waals surface area contributed by atoms with Crippen LogP contribution in [-0.4, -0.2) is 18.8 Å². The highest BCUT2D eigenvalue weighted by atomic mass is 16.5. The molecule has 1 aromatic carbocycles. The summed E-state index contributed by atoms with van der Waals surface area (Å²) in [5, 5.41) is 0. The van der Waals surface area contributed by atoms with Gasteiger partial charge in [-0.05, 0) is 44.7 Å². The van der Waals surface area contributed by atoms with Crippen LogP contribution in [0.2, 0.25) is 0 Å². The highest BCUT2D eigenvalue weighted by Gasteiger charge is 2.41. The van der Waals surface area contributed by atoms with E-state index >= 15 is 0 Å². The molecule has 1 saturated heterocycles. The molecule has 1 aliphatic rings. The zero-order valence-electron chi connectivity index (χ0n) is 11.1. The lowest BCUT2D eigenvalue weighted by Crippen LogP contribution is -2.49. The van der Waals surface area contributed by atoms with Crippen molar-refractivity contribution in [2.75, 3.05) is 13.2 Å². The van der Waals surface area contributed by atoms with E-state index in [0.29, 0.717) is 0 Å². The van der Waals surface area contributed by atoms with Crippen LogP contribution < -0.4 is 5.73 Å². The molecule has 0 unspecified atom stereocenters. The first-order valence-electron chi connectivity index (χ1n) is 6.36. The van der Waals surface area contributed by atoms with Gasteiger partial charge in [-0.3, -0.25) is 0 Å². The van der Waals surface area contributed by atoms with Crippen LogP contribution in [0.1, 0.15) is 37.8 Å². The first-order valence-corrected chi connectivity index (χ1v) is 6.36. The molecule has 2 N–H and O–H groups in total. The van der Waals surface area contributed by atoms with Gasteiger partial charge in [-0.15, -0.1) is 0 Å². The van der Waals surface area contributed by atoms with Crippen LogP contribution in [0.3, 0.4) is 0 Å². The molecular formula is C15H23NO. The van der Waals surface area contributed by atoms with Gasteiger partial charge >= 0.3 is 0 Å². The summed E-state index contributed by atoms with van der Waals surface area (Å²) in [6.07, 6.45) is 2.14. The second-order valence-corrected chi connectivity index (χ2v) is 6.08. The zero-order valence-corrected chi connectivity index (χ0v) is 11.1. The third-order valence-corrected chi connectivity index (χ3v) is 3.72. The molecule has 0 saturated carbocycles. The minimum absolute atomic E-state index is 0.0920. The Kier molecular flexibility index (Phi) is 3.28. The molecule has 1 aliphatic heterocycles. The second kappa shape index (κ2) is 4.43. The molecule has 1 fully saturated rings. The SMILES string of the molecule is Cc1ccccc1C1(CCC(C)(C)N)COC1. The summed E-state index contributed by atoms with van der Waals surface area (Å²) in [6.45, 7) is 8.06. The van der Waals surface area contributed by atoms with Crippen LogP contribution in [0.5, 0.6) is 0 Å². The zero-order chi connectivity index (χ0) is 12.5. The van der Waals surface area contributed by atoms with E-state index in [1.54, 1.807) is 0 Å². The van der Waals surface area contributed by atoms with E-state index < -0.39 is 0 Å². The van der Waals surface area contributed by atoms with Gasteiger partial charge in [0.1, 0.15) is 0 Å². The molecule has 2 nitrogen and oxygen atoms in total. The second-order valence-electron chi connectivity index (χ2n) is 6.08. The van der Waals surface area contributed by atoms with Gasteiger partial charge in [-0.1, -0.05) is 24.3 Å². The lowest BCUT2D eigenvalue weighted by atomic mass is 9.71. The van der Waals surface area contributed by atoms with Gasteiger partial charge in [0.05, 0.1) is 13.2 Å². The van der Waals surface area contributed by atoms with Crippen molar-refractivity contribution in [3.63, 3.8) is 0 Å². The number of hydrogen-bond donors (Lipinski definition) is 1. The molecule has 17 heavy (non-hydrogen) atoms. The summed E-state index contributed by atoms with van der Waals surface area (Å²) in [5.74, 6) is 0. The minimum atomic E-state index is -0.0920. The van der Waals surface area contributed by atoms with Crippen molar-refractivity contribution in [1.82, 2.24) is 0 Å². The number of aryl methyl sites for hydroxylation is 1. The molecule has 1 aromatic rings. The van der Waals surface area contributed by atoms with Crippen molar-refractivity contribution >= 4 is 0 Å². The molecule has 0 amide bonds. The Morgan fingerprint density at radius 1 is 1.29 bits per heavy atom. The third kappa shape index (κ3) is 2.70. The number of nitrogens with two attached hydrogens (primary N) is 1. The molecular weight excluding hydrogens is 210 g/mol. The van der Waals surface area contributed by atoms with Crippen LogP contribution >= 0.6 is 0 Å². The van der Waals surface area contributed by atoms with Gasteiger partial charge in [-0.2, -0.15) is 0 Å². The van der Waals surface area contributed by atoms with Gasteiger partial charge in [0.2, 0.25) is 0 Å². The van der Waals surface area contributed by atoms with E-state index in [4.69, 9.17) is 10.5 Å². The van der Waals surface area contributed by atoms with Crippen molar-refractivity contribution in [2.24, 2.45) is 5.73 Å². The maximum absolute atomic E-state index is 6.10. The Morgan fingerprint density at radius 3 is 2.41 bits per heavy atom. The van der Waals surface area contributed by atoms with Crippen molar-refractivity contribution in [1.29, 1.82) is 0 Å². The van der Waals surface area contributed by atoms with Crippen LogP contribution in [0.15, 0.2) is 24.3 Å². The number of benzene rings is 1. The monoisotopic (exact) mass is 233 g/mol. The fourth-order valence-corrected chi connectivity index (χ4v) is 2.51. The molecule has 94 valence electrons. The summed E-state index contributed by atoms with van der Waals surface area (Å²) in [6, 6.07) is 8.64. The standard InChI is InChI=1S/C15H23NO/c1-12-6-4-5-7-13(12)15(10-17-11-15)9-8-14(2,3)16/h4-7H,8-11,16H2,1-3H3. The molecule has 2 rings (SSSR count). The summed E-state index contributed by atoms with van der Waals surface area (Å²) in [5.41, 5.74) is 9.02. The van der Waals surface area contributed by atoms with E-state index in [0.717, 1.165) is 26.1 Å². The molecule has 0 spiro atoms. The Balaban J connectivity index is 2.18. The molecule has 0 aliphatic carbocycles. The Morgan fingerprint density at radius 2 is 1.94 bits per heavy atom. The van der Waals surface area contributed by atoms with E-state index in [1.807, 2.05) is 0 Å². The first-order chi connectivity index (χ1) is 7.93. The van der Waals surface area contributed by atoms with Gasteiger partial charge in [0.25, 0.3) is 0 Å². The summed E-state index contributed by atoms with van der Waals surface area (Å²) in [7, 11) is 0. The topological polar surface area (TPSA) is 35.2 Å². The van der Waals surface area contributed by atoms with Crippen LogP contribution in [0.25, 0.3) is 0 Å². The fourth-order valence-electron chi connectivity index (χ4n) is 2.51. The van der Waals surface area contributed by atoms with Crippen molar-refractivity contribution in [2.45, 2.75) is 44.6 Å². The minimum Gasteiger partial charge on any atom is -0.379 e. The number of hydrogen-bond acceptors (Lipinski definition) is 2. The summed E-state index contributed by atoms with van der Waals surface area (Å²) >= 11 is 0. The Hall–Kier alpha value is -0.860. The van der Waals surface area contributed by atoms with Crippen LogP contribution in [-0.2, 0) is 10.2 Å². The predicted molar refractivity (Wildman–Crippen MR) is 71.2 cm³/mol. The molecule has 0 bridgehead atoms. The average Bonchev–Trinajstić information content (AvgIpc) is 2.17. The maximum Gasteiger partial charge on any atom is 0.0585 e. The summed E-state index contributed by atoms with van der Waals surface area (Å²) in [4.78, 5) is 0.